The topological polar surface area (TPSA) is 38.1 Å². The molecule has 90 valence electrons. The molecule has 0 spiro atoms. The van der Waals surface area contributed by atoms with Crippen molar-refractivity contribution in [3.63, 3.8) is 0 Å². The zero-order valence-corrected chi connectivity index (χ0v) is 11.3. The highest BCUT2D eigenvalue weighted by Crippen LogP contribution is 2.12. The van der Waals surface area contributed by atoms with E-state index in [0.29, 0.717) is 6.04 Å². The molecule has 2 aromatic rings. The van der Waals surface area contributed by atoms with Gasteiger partial charge in [-0.3, -0.25) is 0 Å². The number of aromatic nitrogens is 1. The Kier molecular flexibility index (Phi) is 4.34. The Bertz CT molecular complexity index is 439. The lowest BCUT2D eigenvalue weighted by molar-refractivity contribution is 0.364. The van der Waals surface area contributed by atoms with Crippen LogP contribution in [0.25, 0.3) is 0 Å². The smallest absolute Gasteiger partial charge is 0.150 e. The third kappa shape index (κ3) is 3.98. The summed E-state index contributed by atoms with van der Waals surface area (Å²) in [6.07, 6.45) is 2.66. The monoisotopic (exact) mass is 294 g/mol. The molecule has 0 radical (unpaired) electrons. The lowest BCUT2D eigenvalue weighted by Gasteiger charge is -2.12. The van der Waals surface area contributed by atoms with Gasteiger partial charge in [-0.05, 0) is 31.0 Å². The minimum absolute atomic E-state index is 0.404. The number of hydrogen-bond acceptors (Lipinski definition) is 3. The molecule has 0 aliphatic rings. The van der Waals surface area contributed by atoms with Gasteiger partial charge in [-0.25, -0.2) is 0 Å². The average Bonchev–Trinajstić information content (AvgIpc) is 2.83. The highest BCUT2D eigenvalue weighted by molar-refractivity contribution is 9.10. The van der Waals surface area contributed by atoms with Crippen LogP contribution < -0.4 is 5.32 Å². The molecule has 1 unspecified atom stereocenters. The summed E-state index contributed by atoms with van der Waals surface area (Å²) in [5.41, 5.74) is 1.32. The van der Waals surface area contributed by atoms with Crippen LogP contribution in [0.5, 0.6) is 0 Å². The number of nitrogens with one attached hydrogen (secondary N) is 1. The molecule has 0 aliphatic heterocycles. The van der Waals surface area contributed by atoms with Crippen LogP contribution in [0, 0.1) is 0 Å². The maximum atomic E-state index is 5.03. The molecular formula is C13H15BrN2O. The third-order valence-corrected chi connectivity index (χ3v) is 3.10. The Labute approximate surface area is 109 Å². The molecule has 1 heterocycles. The summed E-state index contributed by atoms with van der Waals surface area (Å²) in [6, 6.07) is 10.7. The van der Waals surface area contributed by atoms with E-state index in [1.165, 1.54) is 5.56 Å². The number of halogens is 1. The van der Waals surface area contributed by atoms with Crippen molar-refractivity contribution >= 4 is 15.9 Å². The molecule has 1 aromatic heterocycles. The summed E-state index contributed by atoms with van der Waals surface area (Å²) < 4.78 is 6.15. The molecular weight excluding hydrogens is 280 g/mol. The van der Waals surface area contributed by atoms with Crippen molar-refractivity contribution in [1.82, 2.24) is 10.5 Å². The minimum Gasteiger partial charge on any atom is -0.360 e. The second-order valence-corrected chi connectivity index (χ2v) is 5.01. The van der Waals surface area contributed by atoms with Crippen LogP contribution in [0.15, 0.2) is 45.5 Å². The Morgan fingerprint density at radius 2 is 2.06 bits per heavy atom. The summed E-state index contributed by atoms with van der Waals surface area (Å²) in [6.45, 7) is 2.89. The van der Waals surface area contributed by atoms with Crippen molar-refractivity contribution < 1.29 is 4.52 Å². The van der Waals surface area contributed by atoms with Crippen LogP contribution >= 0.6 is 15.9 Å². The summed E-state index contributed by atoms with van der Waals surface area (Å²) in [7, 11) is 0. The standard InChI is InChI=1S/C13H15BrN2O/c1-10(15-9-13-6-7-16-17-13)8-11-2-4-12(14)5-3-11/h2-7,10,15H,8-9H2,1H3. The minimum atomic E-state index is 0.404. The molecule has 0 saturated carbocycles. The Balaban J connectivity index is 1.80. The summed E-state index contributed by atoms with van der Waals surface area (Å²) in [4.78, 5) is 0. The molecule has 0 bridgehead atoms. The molecule has 1 atom stereocenters. The van der Waals surface area contributed by atoms with Crippen molar-refractivity contribution in [3.8, 4) is 0 Å². The lowest BCUT2D eigenvalue weighted by atomic mass is 10.1. The normalized spacial score (nSPS) is 12.6. The van der Waals surface area contributed by atoms with Gasteiger partial charge in [0.05, 0.1) is 12.7 Å². The van der Waals surface area contributed by atoms with Gasteiger partial charge in [0, 0.05) is 16.6 Å². The van der Waals surface area contributed by atoms with Crippen LogP contribution in [0.2, 0.25) is 0 Å². The van der Waals surface area contributed by atoms with Gasteiger partial charge < -0.3 is 9.84 Å². The van der Waals surface area contributed by atoms with Crippen molar-refractivity contribution in [2.75, 3.05) is 0 Å². The molecule has 1 aromatic carbocycles. The van der Waals surface area contributed by atoms with Crippen molar-refractivity contribution in [2.45, 2.75) is 25.9 Å². The number of benzene rings is 1. The van der Waals surface area contributed by atoms with Gasteiger partial charge in [-0.15, -0.1) is 0 Å². The van der Waals surface area contributed by atoms with Crippen molar-refractivity contribution in [1.29, 1.82) is 0 Å². The van der Waals surface area contributed by atoms with Crippen LogP contribution in [-0.2, 0) is 13.0 Å². The first kappa shape index (κ1) is 12.3. The highest BCUT2D eigenvalue weighted by Gasteiger charge is 2.04. The van der Waals surface area contributed by atoms with E-state index in [1.54, 1.807) is 6.20 Å². The van der Waals surface area contributed by atoms with Crippen molar-refractivity contribution in [2.24, 2.45) is 0 Å². The van der Waals surface area contributed by atoms with Gasteiger partial charge in [0.1, 0.15) is 5.76 Å². The van der Waals surface area contributed by atoms with Gasteiger partial charge in [-0.1, -0.05) is 33.2 Å². The van der Waals surface area contributed by atoms with E-state index in [2.05, 4.69) is 57.6 Å². The quantitative estimate of drug-likeness (QED) is 0.920. The van der Waals surface area contributed by atoms with Crippen LogP contribution in [0.3, 0.4) is 0 Å². The van der Waals surface area contributed by atoms with Gasteiger partial charge in [0.2, 0.25) is 0 Å². The molecule has 1 N–H and O–H groups in total. The van der Waals surface area contributed by atoms with Crippen LogP contribution in [0.1, 0.15) is 18.2 Å². The van der Waals surface area contributed by atoms with Gasteiger partial charge in [-0.2, -0.15) is 0 Å². The third-order valence-electron chi connectivity index (χ3n) is 2.57. The molecule has 2 rings (SSSR count). The Morgan fingerprint density at radius 3 is 2.71 bits per heavy atom. The molecule has 0 aliphatic carbocycles. The SMILES string of the molecule is CC(Cc1ccc(Br)cc1)NCc1ccno1. The van der Waals surface area contributed by atoms with Gasteiger partial charge in [0.25, 0.3) is 0 Å². The number of nitrogens with zero attached hydrogens (tertiary/aromatic N) is 1. The van der Waals surface area contributed by atoms with Gasteiger partial charge >= 0.3 is 0 Å². The molecule has 4 heteroatoms. The number of hydrogen-bond donors (Lipinski definition) is 1. The van der Waals surface area contributed by atoms with Crippen LogP contribution in [-0.4, -0.2) is 11.2 Å². The Morgan fingerprint density at radius 1 is 1.29 bits per heavy atom. The molecule has 17 heavy (non-hydrogen) atoms. The zero-order valence-electron chi connectivity index (χ0n) is 9.69. The number of rotatable bonds is 5. The average molecular weight is 295 g/mol. The van der Waals surface area contributed by atoms with E-state index < -0.39 is 0 Å². The lowest BCUT2D eigenvalue weighted by Crippen LogP contribution is -2.27. The largest absolute Gasteiger partial charge is 0.360 e. The molecule has 0 saturated heterocycles. The zero-order chi connectivity index (χ0) is 12.1. The van der Waals surface area contributed by atoms with Crippen molar-refractivity contribution in [3.05, 3.63) is 52.3 Å². The first-order chi connectivity index (χ1) is 8.24. The van der Waals surface area contributed by atoms with Crippen LogP contribution in [0.4, 0.5) is 0 Å². The van der Waals surface area contributed by atoms with E-state index in [1.807, 2.05) is 6.07 Å². The van der Waals surface area contributed by atoms with E-state index in [-0.39, 0.29) is 0 Å². The first-order valence-corrected chi connectivity index (χ1v) is 6.41. The van der Waals surface area contributed by atoms with E-state index in [4.69, 9.17) is 4.52 Å². The fraction of sp³-hybridized carbons (Fsp3) is 0.308. The summed E-state index contributed by atoms with van der Waals surface area (Å²) >= 11 is 3.43. The predicted octanol–water partition coefficient (Wildman–Crippen LogP) is 3.16. The highest BCUT2D eigenvalue weighted by atomic mass is 79.9. The molecule has 0 fully saturated rings. The van der Waals surface area contributed by atoms with E-state index >= 15 is 0 Å². The Hall–Kier alpha value is -1.13. The maximum absolute atomic E-state index is 5.03. The summed E-state index contributed by atoms with van der Waals surface area (Å²) in [5.74, 6) is 0.868. The molecule has 0 amide bonds. The molecule has 3 nitrogen and oxygen atoms in total. The fourth-order valence-corrected chi connectivity index (χ4v) is 1.92. The fourth-order valence-electron chi connectivity index (χ4n) is 1.65. The summed E-state index contributed by atoms with van der Waals surface area (Å²) in [5, 5.41) is 7.08. The first-order valence-electron chi connectivity index (χ1n) is 5.61. The second kappa shape index (κ2) is 5.98. The van der Waals surface area contributed by atoms with E-state index in [0.717, 1.165) is 23.2 Å². The predicted molar refractivity (Wildman–Crippen MR) is 70.7 cm³/mol. The second-order valence-electron chi connectivity index (χ2n) is 4.09. The maximum Gasteiger partial charge on any atom is 0.150 e. The van der Waals surface area contributed by atoms with Gasteiger partial charge in [0.15, 0.2) is 0 Å². The van der Waals surface area contributed by atoms with E-state index in [9.17, 15) is 0 Å².